The van der Waals surface area contributed by atoms with Gasteiger partial charge in [0.2, 0.25) is 5.91 Å². The van der Waals surface area contributed by atoms with Crippen LogP contribution >= 0.6 is 0 Å². The first-order valence-electron chi connectivity index (χ1n) is 11.4. The van der Waals surface area contributed by atoms with E-state index in [1.165, 1.54) is 5.69 Å². The van der Waals surface area contributed by atoms with Gasteiger partial charge in [-0.05, 0) is 47.7 Å². The second-order valence-corrected chi connectivity index (χ2v) is 8.18. The van der Waals surface area contributed by atoms with Crippen LogP contribution < -0.4 is 10.2 Å². The third kappa shape index (κ3) is 6.92. The van der Waals surface area contributed by atoms with Gasteiger partial charge < -0.3 is 24.4 Å². The summed E-state index contributed by atoms with van der Waals surface area (Å²) in [5.41, 5.74) is 4.38. The normalized spacial score (nSPS) is 17.6. The van der Waals surface area contributed by atoms with Crippen LogP contribution in [0.2, 0.25) is 0 Å². The molecule has 2 aliphatic rings. The summed E-state index contributed by atoms with van der Waals surface area (Å²) in [6.45, 7) is 6.02. The summed E-state index contributed by atoms with van der Waals surface area (Å²) in [6.07, 6.45) is 5.62. The van der Waals surface area contributed by atoms with Crippen molar-refractivity contribution in [3.63, 3.8) is 0 Å². The number of benzene rings is 2. The van der Waals surface area contributed by atoms with Crippen LogP contribution in [0.15, 0.2) is 54.6 Å². The van der Waals surface area contributed by atoms with Gasteiger partial charge >= 0.3 is 0 Å². The van der Waals surface area contributed by atoms with Crippen LogP contribution in [0.3, 0.4) is 0 Å². The Morgan fingerprint density at radius 2 is 1.72 bits per heavy atom. The van der Waals surface area contributed by atoms with E-state index in [4.69, 9.17) is 14.2 Å². The van der Waals surface area contributed by atoms with E-state index in [2.05, 4.69) is 34.5 Å². The molecule has 2 aromatic carbocycles. The van der Waals surface area contributed by atoms with Crippen molar-refractivity contribution < 1.29 is 19.0 Å². The molecule has 0 bridgehead atoms. The zero-order valence-electron chi connectivity index (χ0n) is 18.5. The van der Waals surface area contributed by atoms with Crippen LogP contribution in [0.5, 0.6) is 0 Å². The predicted molar refractivity (Wildman–Crippen MR) is 125 cm³/mol. The molecule has 170 valence electrons. The van der Waals surface area contributed by atoms with Gasteiger partial charge in [-0.15, -0.1) is 0 Å². The molecule has 2 saturated heterocycles. The SMILES string of the molecule is O=C(C=Cc1ccc(N2CCOCC2)cc1)NCc1cccc(COC2CCOCC2)c1. The fraction of sp³-hybridized carbons (Fsp3) is 0.423. The van der Waals surface area contributed by atoms with E-state index in [1.54, 1.807) is 6.08 Å². The maximum absolute atomic E-state index is 12.3. The van der Waals surface area contributed by atoms with Gasteiger partial charge in [0, 0.05) is 44.6 Å². The van der Waals surface area contributed by atoms with Crippen LogP contribution in [-0.4, -0.2) is 51.5 Å². The van der Waals surface area contributed by atoms with Gasteiger partial charge in [0.05, 0.1) is 25.9 Å². The predicted octanol–water partition coefficient (Wildman–Crippen LogP) is 3.55. The Morgan fingerprint density at radius 1 is 1.00 bits per heavy atom. The van der Waals surface area contributed by atoms with Crippen molar-refractivity contribution in [1.29, 1.82) is 0 Å². The first kappa shape index (κ1) is 22.5. The zero-order valence-corrected chi connectivity index (χ0v) is 18.5. The highest BCUT2D eigenvalue weighted by molar-refractivity contribution is 5.91. The molecule has 0 saturated carbocycles. The maximum atomic E-state index is 12.3. The fourth-order valence-electron chi connectivity index (χ4n) is 3.92. The van der Waals surface area contributed by atoms with Gasteiger partial charge in [-0.1, -0.05) is 36.4 Å². The molecule has 6 heteroatoms. The summed E-state index contributed by atoms with van der Waals surface area (Å²) in [5.74, 6) is -0.105. The number of anilines is 1. The Labute approximate surface area is 190 Å². The van der Waals surface area contributed by atoms with Crippen molar-refractivity contribution in [3.05, 3.63) is 71.3 Å². The first-order chi connectivity index (χ1) is 15.8. The van der Waals surface area contributed by atoms with Crippen LogP contribution in [-0.2, 0) is 32.2 Å². The summed E-state index contributed by atoms with van der Waals surface area (Å²) < 4.78 is 16.8. The van der Waals surface area contributed by atoms with Gasteiger partial charge in [0.1, 0.15) is 0 Å². The largest absolute Gasteiger partial charge is 0.381 e. The zero-order chi connectivity index (χ0) is 22.0. The van der Waals surface area contributed by atoms with Crippen molar-refractivity contribution in [1.82, 2.24) is 5.32 Å². The third-order valence-corrected chi connectivity index (χ3v) is 5.81. The summed E-state index contributed by atoms with van der Waals surface area (Å²) in [4.78, 5) is 14.6. The Balaban J connectivity index is 1.22. The van der Waals surface area contributed by atoms with Crippen molar-refractivity contribution in [3.8, 4) is 0 Å². The topological polar surface area (TPSA) is 60.0 Å². The van der Waals surface area contributed by atoms with E-state index >= 15 is 0 Å². The number of nitrogens with zero attached hydrogens (tertiary/aromatic N) is 1. The molecule has 0 unspecified atom stereocenters. The lowest BCUT2D eigenvalue weighted by Crippen LogP contribution is -2.36. The Morgan fingerprint density at radius 3 is 2.50 bits per heavy atom. The standard InChI is InChI=1S/C26H32N2O4/c29-26(9-6-21-4-7-24(8-5-21)28-12-16-31-17-13-28)27-19-22-2-1-3-23(18-22)20-32-25-10-14-30-15-11-25/h1-9,18,25H,10-17,19-20H2,(H,27,29). The molecule has 2 aromatic rings. The number of nitrogens with one attached hydrogen (secondary N) is 1. The monoisotopic (exact) mass is 436 g/mol. The van der Waals surface area contributed by atoms with E-state index in [-0.39, 0.29) is 12.0 Å². The number of carbonyl (C=O) groups excluding carboxylic acids is 1. The van der Waals surface area contributed by atoms with Gasteiger partial charge in [-0.25, -0.2) is 0 Å². The van der Waals surface area contributed by atoms with Crippen molar-refractivity contribution >= 4 is 17.7 Å². The maximum Gasteiger partial charge on any atom is 0.244 e. The third-order valence-electron chi connectivity index (χ3n) is 5.81. The molecule has 6 nitrogen and oxygen atoms in total. The highest BCUT2D eigenvalue weighted by Gasteiger charge is 2.14. The summed E-state index contributed by atoms with van der Waals surface area (Å²) in [7, 11) is 0. The number of ether oxygens (including phenoxy) is 3. The van der Waals surface area contributed by atoms with Crippen LogP contribution in [0.1, 0.15) is 29.5 Å². The molecule has 32 heavy (non-hydrogen) atoms. The Kier molecular flexibility index (Phi) is 8.31. The number of carbonyl (C=O) groups is 1. The number of amides is 1. The minimum absolute atomic E-state index is 0.105. The van der Waals surface area contributed by atoms with E-state index in [1.807, 2.05) is 30.3 Å². The molecule has 1 amide bonds. The molecule has 2 fully saturated rings. The number of hydrogen-bond acceptors (Lipinski definition) is 5. The average molecular weight is 437 g/mol. The molecular formula is C26H32N2O4. The lowest BCUT2D eigenvalue weighted by atomic mass is 10.1. The smallest absolute Gasteiger partial charge is 0.244 e. The minimum Gasteiger partial charge on any atom is -0.381 e. The number of morpholine rings is 1. The average Bonchev–Trinajstić information content (AvgIpc) is 2.87. The number of rotatable bonds is 8. The van der Waals surface area contributed by atoms with Gasteiger partial charge in [0.15, 0.2) is 0 Å². The molecule has 0 radical (unpaired) electrons. The molecular weight excluding hydrogens is 404 g/mol. The molecule has 0 spiro atoms. The summed E-state index contributed by atoms with van der Waals surface area (Å²) in [6, 6.07) is 16.4. The molecule has 1 N–H and O–H groups in total. The van der Waals surface area contributed by atoms with E-state index < -0.39 is 0 Å². The molecule has 0 atom stereocenters. The van der Waals surface area contributed by atoms with E-state index in [9.17, 15) is 4.79 Å². The fourth-order valence-corrected chi connectivity index (χ4v) is 3.92. The lowest BCUT2D eigenvalue weighted by Gasteiger charge is -2.28. The quantitative estimate of drug-likeness (QED) is 0.642. The van der Waals surface area contributed by atoms with E-state index in [0.29, 0.717) is 13.2 Å². The van der Waals surface area contributed by atoms with Crippen LogP contribution in [0, 0.1) is 0 Å². The van der Waals surface area contributed by atoms with E-state index in [0.717, 1.165) is 69.0 Å². The van der Waals surface area contributed by atoms with Crippen LogP contribution in [0.25, 0.3) is 6.08 Å². The van der Waals surface area contributed by atoms with Crippen molar-refractivity contribution in [2.45, 2.75) is 32.1 Å². The minimum atomic E-state index is -0.105. The van der Waals surface area contributed by atoms with Gasteiger partial charge in [-0.2, -0.15) is 0 Å². The molecule has 2 aliphatic heterocycles. The second kappa shape index (κ2) is 11.8. The molecule has 2 heterocycles. The van der Waals surface area contributed by atoms with Crippen LogP contribution in [0.4, 0.5) is 5.69 Å². The first-order valence-corrected chi connectivity index (χ1v) is 11.4. The highest BCUT2D eigenvalue weighted by atomic mass is 16.5. The molecule has 0 aromatic heterocycles. The Bertz CT molecular complexity index is 885. The van der Waals surface area contributed by atoms with Gasteiger partial charge in [0.25, 0.3) is 0 Å². The summed E-state index contributed by atoms with van der Waals surface area (Å²) in [5, 5.41) is 2.96. The van der Waals surface area contributed by atoms with Gasteiger partial charge in [-0.3, -0.25) is 4.79 Å². The molecule has 4 rings (SSSR count). The second-order valence-electron chi connectivity index (χ2n) is 8.18. The summed E-state index contributed by atoms with van der Waals surface area (Å²) >= 11 is 0. The number of hydrogen-bond donors (Lipinski definition) is 1. The molecule has 0 aliphatic carbocycles. The van der Waals surface area contributed by atoms with Crippen molar-refractivity contribution in [2.24, 2.45) is 0 Å². The van der Waals surface area contributed by atoms with Crippen molar-refractivity contribution in [2.75, 3.05) is 44.4 Å². The highest BCUT2D eigenvalue weighted by Crippen LogP contribution is 2.17. The lowest BCUT2D eigenvalue weighted by molar-refractivity contribution is -0.116. The Hall–Kier alpha value is -2.67.